The Bertz CT molecular complexity index is 562. The molecule has 0 saturated heterocycles. The van der Waals surface area contributed by atoms with Crippen LogP contribution in [0.4, 0.5) is 11.5 Å². The Kier molecular flexibility index (Phi) is 3.14. The van der Waals surface area contributed by atoms with Crippen LogP contribution in [0.25, 0.3) is 0 Å². The maximum Gasteiger partial charge on any atom is 0.256 e. The predicted molar refractivity (Wildman–Crippen MR) is 75.3 cm³/mol. The summed E-state index contributed by atoms with van der Waals surface area (Å²) in [4.78, 5) is 16.2. The van der Waals surface area contributed by atoms with Crippen molar-refractivity contribution in [3.8, 4) is 0 Å². The van der Waals surface area contributed by atoms with Gasteiger partial charge in [0.05, 0.1) is 11.9 Å². The van der Waals surface area contributed by atoms with Crippen molar-refractivity contribution < 1.29 is 4.79 Å². The van der Waals surface area contributed by atoms with Crippen LogP contribution in [0.15, 0.2) is 48.7 Å². The van der Waals surface area contributed by atoms with Crippen LogP contribution in [0, 0.1) is 0 Å². The smallest absolute Gasteiger partial charge is 0.256 e. The Balaban J connectivity index is 1.64. The van der Waals surface area contributed by atoms with Gasteiger partial charge in [-0.2, -0.15) is 0 Å². The lowest BCUT2D eigenvalue weighted by atomic mass is 10.2. The molecule has 0 spiro atoms. The van der Waals surface area contributed by atoms with E-state index in [2.05, 4.69) is 15.6 Å². The number of benzene rings is 1. The molecular formula is C15H15N3O. The van der Waals surface area contributed by atoms with Gasteiger partial charge >= 0.3 is 0 Å². The molecule has 2 N–H and O–H groups in total. The van der Waals surface area contributed by atoms with E-state index in [4.69, 9.17) is 0 Å². The van der Waals surface area contributed by atoms with Crippen LogP contribution >= 0.6 is 0 Å². The fourth-order valence-corrected chi connectivity index (χ4v) is 1.79. The van der Waals surface area contributed by atoms with Gasteiger partial charge in [-0.25, -0.2) is 4.98 Å². The number of rotatable bonds is 4. The van der Waals surface area contributed by atoms with Crippen LogP contribution in [-0.4, -0.2) is 16.9 Å². The Labute approximate surface area is 111 Å². The summed E-state index contributed by atoms with van der Waals surface area (Å²) in [5.41, 5.74) is 1.63. The van der Waals surface area contributed by atoms with Gasteiger partial charge in [0.1, 0.15) is 5.82 Å². The van der Waals surface area contributed by atoms with Crippen molar-refractivity contribution in [1.29, 1.82) is 0 Å². The van der Waals surface area contributed by atoms with E-state index in [1.807, 2.05) is 30.3 Å². The van der Waals surface area contributed by atoms with E-state index in [1.165, 1.54) is 12.8 Å². The second-order valence-corrected chi connectivity index (χ2v) is 4.67. The number of hydrogen-bond acceptors (Lipinski definition) is 3. The van der Waals surface area contributed by atoms with Gasteiger partial charge in [-0.05, 0) is 37.1 Å². The van der Waals surface area contributed by atoms with E-state index >= 15 is 0 Å². The van der Waals surface area contributed by atoms with E-state index in [9.17, 15) is 4.79 Å². The van der Waals surface area contributed by atoms with Crippen molar-refractivity contribution in [1.82, 2.24) is 4.98 Å². The summed E-state index contributed by atoms with van der Waals surface area (Å²) >= 11 is 0. The molecule has 1 aromatic carbocycles. The van der Waals surface area contributed by atoms with Crippen molar-refractivity contribution in [3.05, 3.63) is 54.2 Å². The number of nitrogens with zero attached hydrogens (tertiary/aromatic N) is 1. The molecule has 0 aliphatic heterocycles. The monoisotopic (exact) mass is 253 g/mol. The molecule has 1 heterocycles. The lowest BCUT2D eigenvalue weighted by Gasteiger charge is -2.06. The third kappa shape index (κ3) is 3.10. The average Bonchev–Trinajstić information content (AvgIpc) is 3.26. The van der Waals surface area contributed by atoms with Gasteiger partial charge in [-0.3, -0.25) is 4.79 Å². The normalized spacial score (nSPS) is 13.9. The van der Waals surface area contributed by atoms with Crippen LogP contribution in [0.2, 0.25) is 0 Å². The van der Waals surface area contributed by atoms with E-state index in [0.717, 1.165) is 5.69 Å². The highest BCUT2D eigenvalue weighted by molar-refractivity contribution is 6.03. The number of anilines is 2. The summed E-state index contributed by atoms with van der Waals surface area (Å²) in [7, 11) is 0. The SMILES string of the molecule is O=C(Nc1ccc(NC2CC2)cn1)c1ccccc1. The summed E-state index contributed by atoms with van der Waals surface area (Å²) in [6.07, 6.45) is 4.21. The molecule has 1 aliphatic rings. The molecule has 1 amide bonds. The number of carbonyl (C=O) groups excluding carboxylic acids is 1. The van der Waals surface area contributed by atoms with Gasteiger partial charge < -0.3 is 10.6 Å². The molecule has 96 valence electrons. The topological polar surface area (TPSA) is 54.0 Å². The van der Waals surface area contributed by atoms with Crippen LogP contribution in [0.5, 0.6) is 0 Å². The predicted octanol–water partition coefficient (Wildman–Crippen LogP) is 2.91. The third-order valence-corrected chi connectivity index (χ3v) is 2.99. The first-order valence-electron chi connectivity index (χ1n) is 6.40. The first kappa shape index (κ1) is 11.7. The average molecular weight is 253 g/mol. The van der Waals surface area contributed by atoms with Crippen molar-refractivity contribution in [3.63, 3.8) is 0 Å². The highest BCUT2D eigenvalue weighted by Crippen LogP contribution is 2.24. The zero-order chi connectivity index (χ0) is 13.1. The third-order valence-electron chi connectivity index (χ3n) is 2.99. The second-order valence-electron chi connectivity index (χ2n) is 4.67. The van der Waals surface area contributed by atoms with Crippen molar-refractivity contribution in [2.24, 2.45) is 0 Å². The van der Waals surface area contributed by atoms with Gasteiger partial charge in [0.25, 0.3) is 5.91 Å². The maximum absolute atomic E-state index is 11.9. The molecule has 1 aliphatic carbocycles. The van der Waals surface area contributed by atoms with Crippen molar-refractivity contribution in [2.75, 3.05) is 10.6 Å². The summed E-state index contributed by atoms with van der Waals surface area (Å²) in [6.45, 7) is 0. The minimum atomic E-state index is -0.143. The van der Waals surface area contributed by atoms with E-state index in [-0.39, 0.29) is 5.91 Å². The molecule has 3 rings (SSSR count). The number of nitrogens with one attached hydrogen (secondary N) is 2. The zero-order valence-corrected chi connectivity index (χ0v) is 10.5. The Morgan fingerprint density at radius 3 is 2.53 bits per heavy atom. The van der Waals surface area contributed by atoms with Gasteiger partial charge in [0, 0.05) is 11.6 Å². The van der Waals surface area contributed by atoms with E-state index < -0.39 is 0 Å². The molecule has 0 atom stereocenters. The fraction of sp³-hybridized carbons (Fsp3) is 0.200. The molecule has 0 unspecified atom stereocenters. The number of hydrogen-bond donors (Lipinski definition) is 2. The molecule has 4 heteroatoms. The summed E-state index contributed by atoms with van der Waals surface area (Å²) in [6, 6.07) is 13.5. The number of carbonyl (C=O) groups is 1. The van der Waals surface area contributed by atoms with E-state index in [1.54, 1.807) is 18.3 Å². The van der Waals surface area contributed by atoms with Crippen molar-refractivity contribution in [2.45, 2.75) is 18.9 Å². The summed E-state index contributed by atoms with van der Waals surface area (Å²) < 4.78 is 0. The lowest BCUT2D eigenvalue weighted by molar-refractivity contribution is 0.102. The maximum atomic E-state index is 11.9. The Morgan fingerprint density at radius 1 is 1.11 bits per heavy atom. The zero-order valence-electron chi connectivity index (χ0n) is 10.5. The molecule has 0 bridgehead atoms. The second kappa shape index (κ2) is 5.10. The molecule has 0 radical (unpaired) electrons. The summed E-state index contributed by atoms with van der Waals surface area (Å²) in [5.74, 6) is 0.422. The first-order chi connectivity index (χ1) is 9.31. The van der Waals surface area contributed by atoms with Crippen LogP contribution in [0.3, 0.4) is 0 Å². The summed E-state index contributed by atoms with van der Waals surface area (Å²) in [5, 5.41) is 6.13. The van der Waals surface area contributed by atoms with Crippen molar-refractivity contribution >= 4 is 17.4 Å². The van der Waals surface area contributed by atoms with Crippen LogP contribution in [0.1, 0.15) is 23.2 Å². The molecule has 4 nitrogen and oxygen atoms in total. The molecule has 1 aromatic heterocycles. The van der Waals surface area contributed by atoms with E-state index in [0.29, 0.717) is 17.4 Å². The number of amides is 1. The highest BCUT2D eigenvalue weighted by atomic mass is 16.1. The number of aromatic nitrogens is 1. The molecule has 1 fully saturated rings. The van der Waals surface area contributed by atoms with Gasteiger partial charge in [0.2, 0.25) is 0 Å². The van der Waals surface area contributed by atoms with Gasteiger partial charge in [-0.15, -0.1) is 0 Å². The van der Waals surface area contributed by atoms with Gasteiger partial charge in [-0.1, -0.05) is 18.2 Å². The Morgan fingerprint density at radius 2 is 1.89 bits per heavy atom. The van der Waals surface area contributed by atoms with Crippen LogP contribution in [-0.2, 0) is 0 Å². The molecule has 1 saturated carbocycles. The fourth-order valence-electron chi connectivity index (χ4n) is 1.79. The molecular weight excluding hydrogens is 238 g/mol. The standard InChI is InChI=1S/C15H15N3O/c19-15(11-4-2-1-3-5-11)18-14-9-8-13(10-16-14)17-12-6-7-12/h1-5,8-10,12,17H,6-7H2,(H,16,18,19). The highest BCUT2D eigenvalue weighted by Gasteiger charge is 2.20. The molecule has 2 aromatic rings. The van der Waals surface area contributed by atoms with Crippen LogP contribution < -0.4 is 10.6 Å². The Hall–Kier alpha value is -2.36. The minimum absolute atomic E-state index is 0.143. The lowest BCUT2D eigenvalue weighted by Crippen LogP contribution is -2.12. The first-order valence-corrected chi connectivity index (χ1v) is 6.40. The molecule has 19 heavy (non-hydrogen) atoms. The number of pyridine rings is 1. The largest absolute Gasteiger partial charge is 0.381 e. The quantitative estimate of drug-likeness (QED) is 0.880. The minimum Gasteiger partial charge on any atom is -0.381 e. The van der Waals surface area contributed by atoms with Gasteiger partial charge in [0.15, 0.2) is 0 Å².